The number of hydrogen-bond donors (Lipinski definition) is 2. The number of benzene rings is 1. The van der Waals surface area contributed by atoms with Crippen LogP contribution in [-0.2, 0) is 9.59 Å². The van der Waals surface area contributed by atoms with Gasteiger partial charge < -0.3 is 24.9 Å². The Bertz CT molecular complexity index is 833. The normalized spacial score (nSPS) is 15.7. The standard InChI is InChI=1S/C22H30FN5O3/c1-26(2)10-9-24-21(29)22(30)25-16-19(20-4-3-15-31-20)28-13-11-27(12-14-28)18-7-5-17(23)6-8-18/h3-8,15,19H,9-14,16H2,1-2H3,(H,24,29)(H,25,30). The summed E-state index contributed by atoms with van der Waals surface area (Å²) in [6.45, 7) is 4.35. The van der Waals surface area contributed by atoms with E-state index in [-0.39, 0.29) is 18.4 Å². The Balaban J connectivity index is 1.55. The first kappa shape index (κ1) is 22.8. The van der Waals surface area contributed by atoms with Crippen LogP contribution in [-0.4, -0.2) is 81.5 Å². The summed E-state index contributed by atoms with van der Waals surface area (Å²) < 4.78 is 18.8. The fourth-order valence-electron chi connectivity index (χ4n) is 3.58. The van der Waals surface area contributed by atoms with Gasteiger partial charge in [0.2, 0.25) is 0 Å². The van der Waals surface area contributed by atoms with Crippen LogP contribution in [0.5, 0.6) is 0 Å². The van der Waals surface area contributed by atoms with E-state index in [1.165, 1.54) is 12.1 Å². The largest absolute Gasteiger partial charge is 0.468 e. The number of amides is 2. The predicted molar refractivity (Wildman–Crippen MR) is 116 cm³/mol. The van der Waals surface area contributed by atoms with E-state index in [2.05, 4.69) is 20.4 Å². The molecule has 1 saturated heterocycles. The van der Waals surface area contributed by atoms with Gasteiger partial charge in [-0.3, -0.25) is 14.5 Å². The van der Waals surface area contributed by atoms with Gasteiger partial charge in [0, 0.05) is 51.5 Å². The third-order valence-electron chi connectivity index (χ3n) is 5.33. The summed E-state index contributed by atoms with van der Waals surface area (Å²) in [4.78, 5) is 30.6. The van der Waals surface area contributed by atoms with Crippen LogP contribution >= 0.6 is 0 Å². The van der Waals surface area contributed by atoms with Gasteiger partial charge in [0.1, 0.15) is 11.6 Å². The summed E-state index contributed by atoms with van der Waals surface area (Å²) >= 11 is 0. The van der Waals surface area contributed by atoms with Crippen molar-refractivity contribution < 1.29 is 18.4 Å². The topological polar surface area (TPSA) is 81.1 Å². The van der Waals surface area contributed by atoms with Crippen LogP contribution in [0.2, 0.25) is 0 Å². The third-order valence-corrected chi connectivity index (χ3v) is 5.33. The first-order chi connectivity index (χ1) is 14.9. The highest BCUT2D eigenvalue weighted by atomic mass is 19.1. The Morgan fingerprint density at radius 2 is 1.74 bits per heavy atom. The molecular formula is C22H30FN5O3. The predicted octanol–water partition coefficient (Wildman–Crippen LogP) is 1.08. The van der Waals surface area contributed by atoms with Crippen LogP contribution in [0.4, 0.5) is 10.1 Å². The molecule has 2 heterocycles. The van der Waals surface area contributed by atoms with E-state index in [0.717, 1.165) is 37.6 Å². The molecule has 8 nitrogen and oxygen atoms in total. The van der Waals surface area contributed by atoms with Crippen molar-refractivity contribution in [3.05, 3.63) is 54.2 Å². The lowest BCUT2D eigenvalue weighted by Gasteiger charge is -2.39. The van der Waals surface area contributed by atoms with Crippen LogP contribution in [0.25, 0.3) is 0 Å². The van der Waals surface area contributed by atoms with Crippen molar-refractivity contribution in [3.8, 4) is 0 Å². The fraction of sp³-hybridized carbons (Fsp3) is 0.455. The average molecular weight is 432 g/mol. The first-order valence-corrected chi connectivity index (χ1v) is 10.4. The number of carbonyl (C=O) groups excluding carboxylic acids is 2. The van der Waals surface area contributed by atoms with Crippen molar-refractivity contribution in [1.29, 1.82) is 0 Å². The number of likely N-dealkylation sites (N-methyl/N-ethyl adjacent to an activating group) is 1. The molecule has 9 heteroatoms. The third kappa shape index (κ3) is 6.53. The van der Waals surface area contributed by atoms with Gasteiger partial charge in [-0.15, -0.1) is 0 Å². The average Bonchev–Trinajstić information content (AvgIpc) is 3.29. The number of furan rings is 1. The molecule has 31 heavy (non-hydrogen) atoms. The van der Waals surface area contributed by atoms with Crippen LogP contribution in [0.1, 0.15) is 11.8 Å². The van der Waals surface area contributed by atoms with Crippen molar-refractivity contribution in [2.45, 2.75) is 6.04 Å². The second kappa shape index (κ2) is 10.9. The number of nitrogens with one attached hydrogen (secondary N) is 2. The zero-order chi connectivity index (χ0) is 22.2. The maximum absolute atomic E-state index is 13.2. The van der Waals surface area contributed by atoms with Crippen LogP contribution < -0.4 is 15.5 Å². The van der Waals surface area contributed by atoms with Gasteiger partial charge >= 0.3 is 11.8 Å². The second-order valence-electron chi connectivity index (χ2n) is 7.80. The number of anilines is 1. The SMILES string of the molecule is CN(C)CCNC(=O)C(=O)NCC(c1ccco1)N1CCN(c2ccc(F)cc2)CC1. The van der Waals surface area contributed by atoms with Crippen molar-refractivity contribution >= 4 is 17.5 Å². The van der Waals surface area contributed by atoms with Crippen molar-refractivity contribution in [2.75, 3.05) is 64.8 Å². The molecule has 0 spiro atoms. The number of halogens is 1. The smallest absolute Gasteiger partial charge is 0.309 e. The lowest BCUT2D eigenvalue weighted by molar-refractivity contribution is -0.139. The molecule has 3 rings (SSSR count). The maximum atomic E-state index is 13.2. The Hall–Kier alpha value is -2.91. The summed E-state index contributed by atoms with van der Waals surface area (Å²) in [5, 5.41) is 5.35. The molecule has 168 valence electrons. The quantitative estimate of drug-likeness (QED) is 0.609. The van der Waals surface area contributed by atoms with Crippen LogP contribution in [0.3, 0.4) is 0 Å². The monoisotopic (exact) mass is 431 g/mol. The summed E-state index contributed by atoms with van der Waals surface area (Å²) in [6.07, 6.45) is 1.60. The number of hydrogen-bond acceptors (Lipinski definition) is 6. The summed E-state index contributed by atoms with van der Waals surface area (Å²) in [5.41, 5.74) is 0.985. The van der Waals surface area contributed by atoms with Gasteiger partial charge in [0.15, 0.2) is 0 Å². The van der Waals surface area contributed by atoms with Crippen molar-refractivity contribution in [1.82, 2.24) is 20.4 Å². The molecule has 1 fully saturated rings. The highest BCUT2D eigenvalue weighted by Gasteiger charge is 2.28. The summed E-state index contributed by atoms with van der Waals surface area (Å²) in [7, 11) is 3.80. The molecule has 0 radical (unpaired) electrons. The fourth-order valence-corrected chi connectivity index (χ4v) is 3.58. The van der Waals surface area contributed by atoms with E-state index in [9.17, 15) is 14.0 Å². The summed E-state index contributed by atoms with van der Waals surface area (Å²) in [5.74, 6) is -0.799. The van der Waals surface area contributed by atoms with E-state index >= 15 is 0 Å². The number of nitrogens with zero attached hydrogens (tertiary/aromatic N) is 3. The zero-order valence-electron chi connectivity index (χ0n) is 18.0. The lowest BCUT2D eigenvalue weighted by atomic mass is 10.1. The molecule has 1 aromatic carbocycles. The molecular weight excluding hydrogens is 401 g/mol. The highest BCUT2D eigenvalue weighted by molar-refractivity contribution is 6.35. The van der Waals surface area contributed by atoms with Crippen LogP contribution in [0.15, 0.2) is 47.1 Å². The molecule has 0 saturated carbocycles. The Morgan fingerprint density at radius 1 is 1.06 bits per heavy atom. The van der Waals surface area contributed by atoms with E-state index in [1.807, 2.05) is 31.1 Å². The van der Waals surface area contributed by atoms with Gasteiger partial charge in [-0.25, -0.2) is 4.39 Å². The minimum absolute atomic E-state index is 0.177. The summed E-state index contributed by atoms with van der Waals surface area (Å²) in [6, 6.07) is 10.0. The van der Waals surface area contributed by atoms with Gasteiger partial charge in [-0.1, -0.05) is 0 Å². The van der Waals surface area contributed by atoms with Gasteiger partial charge in [-0.2, -0.15) is 0 Å². The van der Waals surface area contributed by atoms with E-state index < -0.39 is 11.8 Å². The highest BCUT2D eigenvalue weighted by Crippen LogP contribution is 2.24. The Labute approximate surface area is 182 Å². The second-order valence-corrected chi connectivity index (χ2v) is 7.80. The molecule has 2 N–H and O–H groups in total. The van der Waals surface area contributed by atoms with E-state index in [0.29, 0.717) is 13.1 Å². The number of rotatable bonds is 8. The molecule has 2 aromatic rings. The maximum Gasteiger partial charge on any atom is 0.309 e. The Morgan fingerprint density at radius 3 is 2.35 bits per heavy atom. The minimum atomic E-state index is -0.653. The number of piperazine rings is 1. The van der Waals surface area contributed by atoms with Gasteiger partial charge in [0.05, 0.1) is 12.3 Å². The first-order valence-electron chi connectivity index (χ1n) is 10.4. The molecule has 2 amide bonds. The molecule has 1 aliphatic heterocycles. The molecule has 0 bridgehead atoms. The molecule has 0 aliphatic carbocycles. The minimum Gasteiger partial charge on any atom is -0.468 e. The molecule has 1 unspecified atom stereocenters. The molecule has 1 aliphatic rings. The zero-order valence-corrected chi connectivity index (χ0v) is 18.0. The molecule has 1 atom stereocenters. The van der Waals surface area contributed by atoms with E-state index in [1.54, 1.807) is 18.4 Å². The van der Waals surface area contributed by atoms with Crippen molar-refractivity contribution in [3.63, 3.8) is 0 Å². The van der Waals surface area contributed by atoms with Gasteiger partial charge in [0.25, 0.3) is 0 Å². The lowest BCUT2D eigenvalue weighted by Crippen LogP contribution is -2.51. The van der Waals surface area contributed by atoms with Gasteiger partial charge in [-0.05, 0) is 50.5 Å². The Kier molecular flexibility index (Phi) is 8.02. The van der Waals surface area contributed by atoms with E-state index in [4.69, 9.17) is 4.42 Å². The molecule has 1 aromatic heterocycles. The number of carbonyl (C=O) groups is 2. The van der Waals surface area contributed by atoms with Crippen LogP contribution in [0, 0.1) is 5.82 Å². The van der Waals surface area contributed by atoms with Crippen molar-refractivity contribution in [2.24, 2.45) is 0 Å².